The molecule has 5 heteroatoms. The number of hydrogen-bond donors (Lipinski definition) is 1. The maximum atomic E-state index is 12.4. The minimum atomic E-state index is -3.43. The maximum Gasteiger partial charge on any atom is 0.250 e. The Bertz CT molecular complexity index is 853. The monoisotopic (exact) mass is 345 g/mol. The zero-order valence-corrected chi connectivity index (χ0v) is 14.5. The van der Waals surface area contributed by atoms with Crippen molar-refractivity contribution in [2.45, 2.75) is 23.5 Å². The van der Waals surface area contributed by atoms with Crippen molar-refractivity contribution < 1.29 is 8.42 Å². The van der Waals surface area contributed by atoms with E-state index in [1.165, 1.54) is 16.9 Å². The molecule has 0 saturated carbocycles. The fourth-order valence-electron chi connectivity index (χ4n) is 2.52. The Balaban J connectivity index is 1.65. The van der Waals surface area contributed by atoms with Crippen molar-refractivity contribution in [3.05, 3.63) is 66.2 Å². The molecular formula is C18H19NO2S2. The van der Waals surface area contributed by atoms with Gasteiger partial charge < -0.3 is 0 Å². The lowest BCUT2D eigenvalue weighted by molar-refractivity contribution is 0.574. The van der Waals surface area contributed by atoms with Gasteiger partial charge in [0.15, 0.2) is 0 Å². The molecule has 23 heavy (non-hydrogen) atoms. The van der Waals surface area contributed by atoms with E-state index < -0.39 is 10.0 Å². The molecule has 1 aromatic heterocycles. The van der Waals surface area contributed by atoms with Crippen LogP contribution in [0.2, 0.25) is 0 Å². The smallest absolute Gasteiger partial charge is 0.210 e. The van der Waals surface area contributed by atoms with E-state index in [0.29, 0.717) is 16.7 Å². The first-order chi connectivity index (χ1) is 11.1. The van der Waals surface area contributed by atoms with Crippen molar-refractivity contribution in [1.29, 1.82) is 0 Å². The normalized spacial score (nSPS) is 13.3. The van der Waals surface area contributed by atoms with E-state index >= 15 is 0 Å². The van der Waals surface area contributed by atoms with Crippen molar-refractivity contribution in [1.82, 2.24) is 4.72 Å². The summed E-state index contributed by atoms with van der Waals surface area (Å²) >= 11 is 1.31. The second-order valence-electron chi connectivity index (χ2n) is 5.60. The van der Waals surface area contributed by atoms with Crippen molar-refractivity contribution >= 4 is 31.4 Å². The molecule has 3 aromatic rings. The van der Waals surface area contributed by atoms with Gasteiger partial charge in [0.25, 0.3) is 0 Å². The summed E-state index contributed by atoms with van der Waals surface area (Å²) in [7, 11) is -3.43. The van der Waals surface area contributed by atoms with Crippen LogP contribution < -0.4 is 4.72 Å². The van der Waals surface area contributed by atoms with Crippen LogP contribution in [0, 0.1) is 0 Å². The fourth-order valence-corrected chi connectivity index (χ4v) is 5.01. The van der Waals surface area contributed by atoms with E-state index in [0.717, 1.165) is 16.5 Å². The van der Waals surface area contributed by atoms with Crippen LogP contribution in [0.15, 0.2) is 64.9 Å². The maximum absolute atomic E-state index is 12.4. The standard InChI is InChI=1S/C18H19NO2S2/c1-14(15-7-3-2-4-8-15)11-12-19-23(20,21)18-13-16-9-5-6-10-17(16)22-18/h2-10,13-14,19H,11-12H2,1H3. The molecule has 0 bridgehead atoms. The Morgan fingerprint density at radius 2 is 1.74 bits per heavy atom. The van der Waals surface area contributed by atoms with Crippen LogP contribution in [-0.2, 0) is 10.0 Å². The second kappa shape index (κ2) is 6.83. The van der Waals surface area contributed by atoms with Crippen molar-refractivity contribution in [2.75, 3.05) is 6.54 Å². The molecule has 1 N–H and O–H groups in total. The summed E-state index contributed by atoms with van der Waals surface area (Å²) in [6, 6.07) is 19.6. The van der Waals surface area contributed by atoms with Crippen LogP contribution in [-0.4, -0.2) is 15.0 Å². The Morgan fingerprint density at radius 3 is 2.48 bits per heavy atom. The van der Waals surface area contributed by atoms with Crippen LogP contribution in [0.3, 0.4) is 0 Å². The first-order valence-electron chi connectivity index (χ1n) is 7.59. The van der Waals surface area contributed by atoms with Gasteiger partial charge in [-0.15, -0.1) is 11.3 Å². The predicted octanol–water partition coefficient (Wildman–Crippen LogP) is 4.37. The molecule has 0 spiro atoms. The molecule has 1 unspecified atom stereocenters. The van der Waals surface area contributed by atoms with Crippen LogP contribution in [0.25, 0.3) is 10.1 Å². The van der Waals surface area contributed by atoms with Crippen LogP contribution >= 0.6 is 11.3 Å². The van der Waals surface area contributed by atoms with Crippen LogP contribution in [0.5, 0.6) is 0 Å². The average molecular weight is 345 g/mol. The molecule has 0 aliphatic carbocycles. The lowest BCUT2D eigenvalue weighted by atomic mass is 9.98. The lowest BCUT2D eigenvalue weighted by Gasteiger charge is -2.12. The van der Waals surface area contributed by atoms with Crippen molar-refractivity contribution in [2.24, 2.45) is 0 Å². The average Bonchev–Trinajstić information content (AvgIpc) is 3.00. The molecule has 0 aliphatic heterocycles. The molecule has 1 atom stereocenters. The van der Waals surface area contributed by atoms with Gasteiger partial charge in [0.1, 0.15) is 4.21 Å². The summed E-state index contributed by atoms with van der Waals surface area (Å²) in [6.45, 7) is 2.55. The summed E-state index contributed by atoms with van der Waals surface area (Å²) < 4.78 is 28.9. The molecular weight excluding hydrogens is 326 g/mol. The summed E-state index contributed by atoms with van der Waals surface area (Å²) in [5.74, 6) is 0.321. The highest BCUT2D eigenvalue weighted by Crippen LogP contribution is 2.28. The number of sulfonamides is 1. The molecule has 120 valence electrons. The largest absolute Gasteiger partial charge is 0.250 e. The van der Waals surface area contributed by atoms with Gasteiger partial charge in [-0.05, 0) is 35.4 Å². The SMILES string of the molecule is CC(CCNS(=O)(=O)c1cc2ccccc2s1)c1ccccc1. The second-order valence-corrected chi connectivity index (χ2v) is 8.68. The van der Waals surface area contributed by atoms with Gasteiger partial charge in [0.05, 0.1) is 0 Å². The minimum Gasteiger partial charge on any atom is -0.210 e. The van der Waals surface area contributed by atoms with E-state index in [9.17, 15) is 8.42 Å². The molecule has 0 saturated heterocycles. The first-order valence-corrected chi connectivity index (χ1v) is 9.89. The molecule has 1 heterocycles. The zero-order chi connectivity index (χ0) is 16.3. The number of benzene rings is 2. The molecule has 0 fully saturated rings. The van der Waals surface area contributed by atoms with E-state index in [1.807, 2.05) is 42.5 Å². The summed E-state index contributed by atoms with van der Waals surface area (Å²) in [4.78, 5) is 0. The van der Waals surface area contributed by atoms with Crippen LogP contribution in [0.1, 0.15) is 24.8 Å². The summed E-state index contributed by atoms with van der Waals surface area (Å²) in [5, 5.41) is 0.968. The van der Waals surface area contributed by atoms with Crippen molar-refractivity contribution in [3.8, 4) is 0 Å². The quantitative estimate of drug-likeness (QED) is 0.721. The number of fused-ring (bicyclic) bond motifs is 1. The predicted molar refractivity (Wildman–Crippen MR) is 96.5 cm³/mol. The number of nitrogens with one attached hydrogen (secondary N) is 1. The van der Waals surface area contributed by atoms with Gasteiger partial charge in [-0.3, -0.25) is 0 Å². The third kappa shape index (κ3) is 3.80. The number of hydrogen-bond acceptors (Lipinski definition) is 3. The number of rotatable bonds is 6. The summed E-state index contributed by atoms with van der Waals surface area (Å²) in [5.41, 5.74) is 1.23. The van der Waals surface area contributed by atoms with Gasteiger partial charge in [-0.25, -0.2) is 13.1 Å². The Kier molecular flexibility index (Phi) is 4.80. The minimum absolute atomic E-state index is 0.321. The van der Waals surface area contributed by atoms with Gasteiger partial charge in [0, 0.05) is 11.2 Å². The highest BCUT2D eigenvalue weighted by Gasteiger charge is 2.17. The summed E-state index contributed by atoms with van der Waals surface area (Å²) in [6.07, 6.45) is 0.772. The van der Waals surface area contributed by atoms with E-state index in [2.05, 4.69) is 23.8 Å². The highest BCUT2D eigenvalue weighted by molar-refractivity contribution is 7.91. The van der Waals surface area contributed by atoms with Gasteiger partial charge in [-0.2, -0.15) is 0 Å². The van der Waals surface area contributed by atoms with Gasteiger partial charge in [0.2, 0.25) is 10.0 Å². The Labute approximate surface area is 141 Å². The Hall–Kier alpha value is -1.69. The lowest BCUT2D eigenvalue weighted by Crippen LogP contribution is -2.24. The Morgan fingerprint density at radius 1 is 1.04 bits per heavy atom. The van der Waals surface area contributed by atoms with Gasteiger partial charge >= 0.3 is 0 Å². The molecule has 3 rings (SSSR count). The molecule has 2 aromatic carbocycles. The number of thiophene rings is 1. The van der Waals surface area contributed by atoms with E-state index in [-0.39, 0.29) is 0 Å². The van der Waals surface area contributed by atoms with E-state index in [1.54, 1.807) is 6.07 Å². The topological polar surface area (TPSA) is 46.2 Å². The first kappa shape index (κ1) is 16.2. The molecule has 0 aliphatic rings. The third-order valence-corrected chi connectivity index (χ3v) is 6.96. The van der Waals surface area contributed by atoms with Crippen LogP contribution in [0.4, 0.5) is 0 Å². The highest BCUT2D eigenvalue weighted by atomic mass is 32.2. The van der Waals surface area contributed by atoms with E-state index in [4.69, 9.17) is 0 Å². The molecule has 0 amide bonds. The third-order valence-electron chi connectivity index (χ3n) is 3.91. The van der Waals surface area contributed by atoms with Gasteiger partial charge in [-0.1, -0.05) is 55.5 Å². The molecule has 3 nitrogen and oxygen atoms in total. The fraction of sp³-hybridized carbons (Fsp3) is 0.222. The van der Waals surface area contributed by atoms with Crippen molar-refractivity contribution in [3.63, 3.8) is 0 Å². The zero-order valence-electron chi connectivity index (χ0n) is 12.9. The molecule has 0 radical (unpaired) electrons.